The molecule has 9 heteroatoms. The fraction of sp³-hybridized carbons (Fsp3) is 0.417. The number of nitrogens with one attached hydrogen (secondary N) is 1. The Kier molecular flexibility index (Phi) is 5.00. The lowest BCUT2D eigenvalue weighted by Gasteiger charge is -2.16. The number of carboxylic acid groups (broad SMARTS) is 1. The molecule has 0 saturated carbocycles. The van der Waals surface area contributed by atoms with Gasteiger partial charge in [0.05, 0.1) is 16.9 Å². The summed E-state index contributed by atoms with van der Waals surface area (Å²) >= 11 is 0. The summed E-state index contributed by atoms with van der Waals surface area (Å²) in [6, 6.07) is 1.99. The first-order chi connectivity index (χ1) is 9.42. The topological polar surface area (TPSA) is 83.5 Å². The van der Waals surface area contributed by atoms with Crippen LogP contribution in [-0.2, 0) is 10.0 Å². The van der Waals surface area contributed by atoms with Crippen molar-refractivity contribution >= 4 is 16.0 Å². The summed E-state index contributed by atoms with van der Waals surface area (Å²) in [6.07, 6.45) is -5.81. The van der Waals surface area contributed by atoms with E-state index in [9.17, 15) is 26.4 Å². The number of carbonyl (C=O) groups is 1. The van der Waals surface area contributed by atoms with Gasteiger partial charge < -0.3 is 5.11 Å². The lowest BCUT2D eigenvalue weighted by molar-refractivity contribution is -0.137. The van der Waals surface area contributed by atoms with Crippen LogP contribution in [0.4, 0.5) is 13.2 Å². The van der Waals surface area contributed by atoms with Crippen molar-refractivity contribution in [1.29, 1.82) is 0 Å². The Bertz CT molecular complexity index is 640. The number of alkyl halides is 3. The van der Waals surface area contributed by atoms with Crippen LogP contribution in [0.5, 0.6) is 0 Å². The van der Waals surface area contributed by atoms with Crippen LogP contribution >= 0.6 is 0 Å². The van der Waals surface area contributed by atoms with Gasteiger partial charge in [-0.05, 0) is 31.5 Å². The molecule has 0 aromatic heterocycles. The monoisotopic (exact) mass is 325 g/mol. The van der Waals surface area contributed by atoms with Crippen LogP contribution < -0.4 is 4.72 Å². The van der Waals surface area contributed by atoms with Crippen LogP contribution in [0.2, 0.25) is 0 Å². The summed E-state index contributed by atoms with van der Waals surface area (Å²) < 4.78 is 62.3. The van der Waals surface area contributed by atoms with Crippen molar-refractivity contribution in [3.8, 4) is 0 Å². The van der Waals surface area contributed by atoms with Crippen molar-refractivity contribution in [2.24, 2.45) is 0 Å². The number of hydrogen-bond donors (Lipinski definition) is 2. The standard InChI is InChI=1S/C12H14F3NO4S/c1-7-3-4-9(5-10(7)11(17)18)21(19,20)16-8(2)6-12(13,14)15/h3-5,8,16H,6H2,1-2H3,(H,17,18). The highest BCUT2D eigenvalue weighted by molar-refractivity contribution is 7.89. The average molecular weight is 325 g/mol. The van der Waals surface area contributed by atoms with Gasteiger partial charge in [-0.1, -0.05) is 6.07 Å². The van der Waals surface area contributed by atoms with Crippen LogP contribution in [0.15, 0.2) is 23.1 Å². The highest BCUT2D eigenvalue weighted by atomic mass is 32.2. The van der Waals surface area contributed by atoms with Gasteiger partial charge in [-0.15, -0.1) is 0 Å². The van der Waals surface area contributed by atoms with Gasteiger partial charge in [-0.2, -0.15) is 13.2 Å². The predicted molar refractivity (Wildman–Crippen MR) is 68.6 cm³/mol. The van der Waals surface area contributed by atoms with Crippen LogP contribution in [-0.4, -0.2) is 31.7 Å². The molecule has 0 radical (unpaired) electrons. The molecule has 21 heavy (non-hydrogen) atoms. The molecule has 0 saturated heterocycles. The number of halogens is 3. The second kappa shape index (κ2) is 6.02. The Morgan fingerprint density at radius 3 is 2.43 bits per heavy atom. The first kappa shape index (κ1) is 17.4. The number of aryl methyl sites for hydroxylation is 1. The van der Waals surface area contributed by atoms with Crippen LogP contribution in [0.25, 0.3) is 0 Å². The summed E-state index contributed by atoms with van der Waals surface area (Å²) in [6.45, 7) is 2.57. The first-order valence-corrected chi connectivity index (χ1v) is 7.34. The highest BCUT2D eigenvalue weighted by Gasteiger charge is 2.32. The third kappa shape index (κ3) is 5.01. The zero-order valence-electron chi connectivity index (χ0n) is 11.2. The summed E-state index contributed by atoms with van der Waals surface area (Å²) in [4.78, 5) is 10.6. The molecule has 5 nitrogen and oxygen atoms in total. The SMILES string of the molecule is Cc1ccc(S(=O)(=O)NC(C)CC(F)(F)F)cc1C(=O)O. The van der Waals surface area contributed by atoms with Gasteiger partial charge in [-0.3, -0.25) is 0 Å². The maximum atomic E-state index is 12.2. The molecule has 1 aromatic carbocycles. The third-order valence-electron chi connectivity index (χ3n) is 2.64. The molecule has 0 aliphatic rings. The van der Waals surface area contributed by atoms with Gasteiger partial charge in [0.1, 0.15) is 0 Å². The van der Waals surface area contributed by atoms with Gasteiger partial charge in [0.2, 0.25) is 10.0 Å². The smallest absolute Gasteiger partial charge is 0.390 e. The molecular formula is C12H14F3NO4S. The largest absolute Gasteiger partial charge is 0.478 e. The van der Waals surface area contributed by atoms with Gasteiger partial charge >= 0.3 is 12.1 Å². The van der Waals surface area contributed by atoms with E-state index in [0.29, 0.717) is 5.56 Å². The molecule has 0 spiro atoms. The predicted octanol–water partition coefficient (Wildman–Crippen LogP) is 2.31. The number of aromatic carboxylic acids is 1. The van der Waals surface area contributed by atoms with E-state index in [1.165, 1.54) is 13.0 Å². The molecule has 1 unspecified atom stereocenters. The van der Waals surface area contributed by atoms with E-state index < -0.39 is 34.6 Å². The van der Waals surface area contributed by atoms with E-state index in [2.05, 4.69) is 0 Å². The number of rotatable bonds is 5. The molecule has 118 valence electrons. The second-order valence-corrected chi connectivity index (χ2v) is 6.34. The van der Waals surface area contributed by atoms with E-state index in [0.717, 1.165) is 19.1 Å². The summed E-state index contributed by atoms with van der Waals surface area (Å²) in [5.41, 5.74) is 0.131. The Balaban J connectivity index is 3.04. The maximum Gasteiger partial charge on any atom is 0.390 e. The highest BCUT2D eigenvalue weighted by Crippen LogP contribution is 2.23. The summed E-state index contributed by atoms with van der Waals surface area (Å²) in [5.74, 6) is -1.31. The normalized spacial score (nSPS) is 14.0. The summed E-state index contributed by atoms with van der Waals surface area (Å²) in [5, 5.41) is 8.93. The third-order valence-corrected chi connectivity index (χ3v) is 4.23. The van der Waals surface area contributed by atoms with Gasteiger partial charge in [-0.25, -0.2) is 17.9 Å². The average Bonchev–Trinajstić information content (AvgIpc) is 2.24. The number of carboxylic acids is 1. The zero-order chi connectivity index (χ0) is 16.4. The van der Waals surface area contributed by atoms with E-state index in [1.54, 1.807) is 0 Å². The molecule has 0 aliphatic heterocycles. The van der Waals surface area contributed by atoms with Crippen molar-refractivity contribution in [1.82, 2.24) is 4.72 Å². The molecule has 1 aromatic rings. The van der Waals surface area contributed by atoms with E-state index in [-0.39, 0.29) is 10.5 Å². The van der Waals surface area contributed by atoms with Crippen LogP contribution in [0.3, 0.4) is 0 Å². The molecule has 0 bridgehead atoms. The zero-order valence-corrected chi connectivity index (χ0v) is 12.0. The maximum absolute atomic E-state index is 12.2. The van der Waals surface area contributed by atoms with E-state index in [4.69, 9.17) is 5.11 Å². The molecular weight excluding hydrogens is 311 g/mol. The summed E-state index contributed by atoms with van der Waals surface area (Å²) in [7, 11) is -4.22. The van der Waals surface area contributed by atoms with E-state index >= 15 is 0 Å². The van der Waals surface area contributed by atoms with Crippen molar-refractivity contribution in [2.45, 2.75) is 37.4 Å². The molecule has 2 N–H and O–H groups in total. The van der Waals surface area contributed by atoms with Crippen LogP contribution in [0.1, 0.15) is 29.3 Å². The number of benzene rings is 1. The second-order valence-electron chi connectivity index (χ2n) is 4.62. The lowest BCUT2D eigenvalue weighted by Crippen LogP contribution is -2.36. The van der Waals surface area contributed by atoms with Crippen LogP contribution in [0, 0.1) is 6.92 Å². The minimum atomic E-state index is -4.50. The lowest BCUT2D eigenvalue weighted by atomic mass is 10.1. The van der Waals surface area contributed by atoms with Crippen molar-refractivity contribution in [3.63, 3.8) is 0 Å². The molecule has 1 atom stereocenters. The number of sulfonamides is 1. The Morgan fingerprint density at radius 2 is 1.95 bits per heavy atom. The Morgan fingerprint density at radius 1 is 1.38 bits per heavy atom. The quantitative estimate of drug-likeness (QED) is 0.870. The fourth-order valence-corrected chi connectivity index (χ4v) is 2.99. The van der Waals surface area contributed by atoms with Gasteiger partial charge in [0.25, 0.3) is 0 Å². The first-order valence-electron chi connectivity index (χ1n) is 5.85. The fourth-order valence-electron chi connectivity index (χ4n) is 1.72. The molecule has 0 fully saturated rings. The molecule has 1 rings (SSSR count). The van der Waals surface area contributed by atoms with E-state index in [1.807, 2.05) is 4.72 Å². The van der Waals surface area contributed by atoms with Gasteiger partial charge in [0.15, 0.2) is 0 Å². The minimum Gasteiger partial charge on any atom is -0.478 e. The Hall–Kier alpha value is -1.61. The van der Waals surface area contributed by atoms with Crippen molar-refractivity contribution in [2.75, 3.05) is 0 Å². The number of hydrogen-bond acceptors (Lipinski definition) is 3. The van der Waals surface area contributed by atoms with Crippen molar-refractivity contribution < 1.29 is 31.5 Å². The molecule has 0 amide bonds. The molecule has 0 heterocycles. The Labute approximate surface area is 119 Å². The van der Waals surface area contributed by atoms with Gasteiger partial charge in [0, 0.05) is 6.04 Å². The molecule has 0 aliphatic carbocycles. The van der Waals surface area contributed by atoms with Crippen molar-refractivity contribution in [3.05, 3.63) is 29.3 Å². The minimum absolute atomic E-state index is 0.221.